The van der Waals surface area contributed by atoms with Gasteiger partial charge in [0.05, 0.1) is 25.7 Å². The van der Waals surface area contributed by atoms with Crippen LogP contribution in [0.1, 0.15) is 40.0 Å². The molecular weight excluding hydrogens is 265 g/mol. The van der Waals surface area contributed by atoms with E-state index in [2.05, 4.69) is 20.8 Å². The number of rotatable bonds is 5. The van der Waals surface area contributed by atoms with Gasteiger partial charge < -0.3 is 18.8 Å². The van der Waals surface area contributed by atoms with Gasteiger partial charge in [-0.1, -0.05) is 6.92 Å². The van der Waals surface area contributed by atoms with Crippen molar-refractivity contribution < 1.29 is 23.3 Å². The first kappa shape index (κ1) is 18.2. The van der Waals surface area contributed by atoms with E-state index in [0.29, 0.717) is 0 Å². The van der Waals surface area contributed by atoms with E-state index in [9.17, 15) is 14.1 Å². The van der Waals surface area contributed by atoms with Crippen molar-refractivity contribution in [2.45, 2.75) is 46.1 Å². The molecule has 0 radical (unpaired) electrons. The number of quaternary nitrogens is 1. The Morgan fingerprint density at radius 2 is 1.56 bits per heavy atom. The summed E-state index contributed by atoms with van der Waals surface area (Å²) in [7, 11) is 0. The minimum Gasteiger partial charge on any atom is -0.510 e. The molecule has 0 aromatic heterocycles. The quantitative estimate of drug-likeness (QED) is 0.325. The molecule has 0 N–H and O–H groups in total. The number of likely N-dealkylation sites (tertiary alicyclic amines) is 1. The lowest BCUT2D eigenvalue weighted by atomic mass is 10.3. The van der Waals surface area contributed by atoms with Crippen molar-refractivity contribution in [3.8, 4) is 0 Å². The van der Waals surface area contributed by atoms with Crippen LogP contribution in [0.25, 0.3) is 0 Å². The summed E-state index contributed by atoms with van der Waals surface area (Å²) in [5, 5.41) is 0. The SMILES string of the molecule is CCCOC[N+]1(C(C)C)CCCC1.[F][Al-]([F])([F])[F]. The van der Waals surface area contributed by atoms with Crippen LogP contribution < -0.4 is 0 Å². The predicted octanol–water partition coefficient (Wildman–Crippen LogP) is 3.69. The van der Waals surface area contributed by atoms with Gasteiger partial charge >= 0.3 is 14.9 Å². The van der Waals surface area contributed by atoms with Crippen LogP contribution in [-0.2, 0) is 4.74 Å². The first-order valence-electron chi connectivity index (χ1n) is 6.52. The highest BCUT2D eigenvalue weighted by atomic mass is 27.5. The van der Waals surface area contributed by atoms with E-state index in [1.807, 2.05) is 0 Å². The summed E-state index contributed by atoms with van der Waals surface area (Å²) in [6, 6.07) is 0.722. The Labute approximate surface area is 111 Å². The summed E-state index contributed by atoms with van der Waals surface area (Å²) in [6.07, 6.45) is 3.90. The monoisotopic (exact) mass is 289 g/mol. The van der Waals surface area contributed by atoms with Crippen LogP contribution in [0, 0.1) is 0 Å². The second-order valence-corrected chi connectivity index (χ2v) is 5.99. The zero-order valence-corrected chi connectivity index (χ0v) is 12.6. The molecule has 1 rings (SSSR count). The molecule has 0 bridgehead atoms. The largest absolute Gasteiger partial charge is 1.04 e. The molecule has 0 aromatic rings. The molecular formula is C11H24AlF4NO. The smallest absolute Gasteiger partial charge is 0.510 e. The molecule has 0 aliphatic carbocycles. The van der Waals surface area contributed by atoms with E-state index in [-0.39, 0.29) is 0 Å². The van der Waals surface area contributed by atoms with E-state index < -0.39 is 14.9 Å². The normalized spacial score (nSPS) is 18.7. The highest BCUT2D eigenvalue weighted by Crippen LogP contribution is 2.23. The van der Waals surface area contributed by atoms with Crippen LogP contribution >= 0.6 is 0 Å². The summed E-state index contributed by atoms with van der Waals surface area (Å²) in [5.41, 5.74) is 0. The lowest BCUT2D eigenvalue weighted by Crippen LogP contribution is -2.52. The van der Waals surface area contributed by atoms with E-state index in [0.717, 1.165) is 25.8 Å². The Kier molecular flexibility index (Phi) is 8.44. The first-order valence-corrected chi connectivity index (χ1v) is 8.26. The van der Waals surface area contributed by atoms with Crippen molar-refractivity contribution in [1.82, 2.24) is 0 Å². The molecule has 0 saturated carbocycles. The zero-order valence-electron chi connectivity index (χ0n) is 11.5. The molecule has 1 aliphatic rings. The minimum absolute atomic E-state index is 0.722. The molecule has 1 saturated heterocycles. The average molecular weight is 289 g/mol. The summed E-state index contributed by atoms with van der Waals surface area (Å²) in [5.74, 6) is 0. The van der Waals surface area contributed by atoms with Crippen LogP contribution in [0.15, 0.2) is 0 Å². The van der Waals surface area contributed by atoms with E-state index >= 15 is 0 Å². The molecule has 7 heteroatoms. The second-order valence-electron chi connectivity index (χ2n) is 5.00. The highest BCUT2D eigenvalue weighted by Gasteiger charge is 2.41. The van der Waals surface area contributed by atoms with E-state index in [4.69, 9.17) is 4.74 Å². The highest BCUT2D eigenvalue weighted by molar-refractivity contribution is 6.50. The molecule has 0 aromatic carbocycles. The Morgan fingerprint density at radius 1 is 1.11 bits per heavy atom. The van der Waals surface area contributed by atoms with Crippen LogP contribution in [0.4, 0.5) is 14.1 Å². The Morgan fingerprint density at radius 3 is 1.89 bits per heavy atom. The van der Waals surface area contributed by atoms with E-state index in [1.54, 1.807) is 0 Å². The van der Waals surface area contributed by atoms with Gasteiger partial charge in [-0.15, -0.1) is 0 Å². The van der Waals surface area contributed by atoms with Gasteiger partial charge in [0.15, 0.2) is 6.73 Å². The zero-order chi connectivity index (χ0) is 14.2. The van der Waals surface area contributed by atoms with Crippen LogP contribution in [0.3, 0.4) is 0 Å². The third-order valence-electron chi connectivity index (χ3n) is 3.25. The van der Waals surface area contributed by atoms with E-state index in [1.165, 1.54) is 30.4 Å². The molecule has 2 nitrogen and oxygen atoms in total. The Hall–Kier alpha value is 0.172. The molecule has 0 unspecified atom stereocenters. The van der Waals surface area contributed by atoms with Gasteiger partial charge in [0.1, 0.15) is 0 Å². The van der Waals surface area contributed by atoms with Crippen molar-refractivity contribution in [2.75, 3.05) is 26.4 Å². The van der Waals surface area contributed by atoms with Crippen molar-refractivity contribution in [3.63, 3.8) is 0 Å². The fraction of sp³-hybridized carbons (Fsp3) is 1.00. The predicted molar refractivity (Wildman–Crippen MR) is 65.7 cm³/mol. The van der Waals surface area contributed by atoms with Crippen LogP contribution in [0.5, 0.6) is 0 Å². The van der Waals surface area contributed by atoms with Crippen molar-refractivity contribution in [2.24, 2.45) is 0 Å². The summed E-state index contributed by atoms with van der Waals surface area (Å²) in [6.45, 7) is 11.3. The Bertz CT molecular complexity index is 212. The summed E-state index contributed by atoms with van der Waals surface area (Å²) in [4.78, 5) is 0. The average Bonchev–Trinajstić information content (AvgIpc) is 2.65. The number of hydrogen-bond donors (Lipinski definition) is 0. The lowest BCUT2D eigenvalue weighted by molar-refractivity contribution is -0.954. The standard InChI is InChI=1S/C11H24NO.Al.4FH/c1-4-9-13-10-12(11(2)3)7-5-6-8-12;;;;;/h11H,4-10H2,1-3H3;;4*1H/q+1;+3;;;;/p-4. The number of halogens is 4. The van der Waals surface area contributed by atoms with Gasteiger partial charge in [-0.05, 0) is 20.3 Å². The van der Waals surface area contributed by atoms with Gasteiger partial charge in [0, 0.05) is 12.8 Å². The fourth-order valence-corrected chi connectivity index (χ4v) is 2.15. The van der Waals surface area contributed by atoms with Crippen LogP contribution in [0.2, 0.25) is 0 Å². The summed E-state index contributed by atoms with van der Waals surface area (Å²) >= 11 is -6.83. The molecule has 1 fully saturated rings. The first-order chi connectivity index (χ1) is 8.21. The number of hydrogen-bond acceptors (Lipinski definition) is 1. The third-order valence-corrected chi connectivity index (χ3v) is 3.25. The van der Waals surface area contributed by atoms with Gasteiger partial charge in [-0.25, -0.2) is 0 Å². The van der Waals surface area contributed by atoms with Crippen molar-refractivity contribution >= 4 is 14.9 Å². The lowest BCUT2D eigenvalue weighted by Gasteiger charge is -2.37. The molecule has 0 atom stereocenters. The maximum absolute atomic E-state index is 9.85. The third kappa shape index (κ3) is 8.31. The molecule has 110 valence electrons. The molecule has 0 spiro atoms. The molecule has 0 amide bonds. The molecule has 1 heterocycles. The maximum atomic E-state index is 9.85. The topological polar surface area (TPSA) is 9.23 Å². The molecule has 18 heavy (non-hydrogen) atoms. The number of nitrogens with zero attached hydrogens (tertiary/aromatic N) is 1. The van der Waals surface area contributed by atoms with Gasteiger partial charge in [0.2, 0.25) is 0 Å². The fourth-order valence-electron chi connectivity index (χ4n) is 2.15. The maximum Gasteiger partial charge on any atom is 1.04 e. The van der Waals surface area contributed by atoms with Crippen molar-refractivity contribution in [1.29, 1.82) is 0 Å². The van der Waals surface area contributed by atoms with Gasteiger partial charge in [0.25, 0.3) is 0 Å². The van der Waals surface area contributed by atoms with Gasteiger partial charge in [-0.2, -0.15) is 0 Å². The molecule has 1 aliphatic heterocycles. The van der Waals surface area contributed by atoms with Crippen molar-refractivity contribution in [3.05, 3.63) is 0 Å². The second kappa shape index (κ2) is 8.36. The van der Waals surface area contributed by atoms with Crippen LogP contribution in [-0.4, -0.2) is 51.9 Å². The summed E-state index contributed by atoms with van der Waals surface area (Å²) < 4.78 is 46.3. The Balaban J connectivity index is 0.000000494. The van der Waals surface area contributed by atoms with Gasteiger partial charge in [-0.3, -0.25) is 4.48 Å². The number of ether oxygens (including phenoxy) is 1. The minimum atomic E-state index is -6.83.